The molecular weight excluding hydrogens is 805 g/mol. The second kappa shape index (κ2) is 53.5. The molecule has 0 aliphatic rings. The number of allylic oxidation sites excluding steroid dienone is 12. The lowest BCUT2D eigenvalue weighted by Crippen LogP contribution is -2.30. The van der Waals surface area contributed by atoms with Crippen molar-refractivity contribution in [2.75, 3.05) is 13.2 Å². The van der Waals surface area contributed by atoms with Crippen molar-refractivity contribution in [2.45, 2.75) is 271 Å². The van der Waals surface area contributed by atoms with Gasteiger partial charge in [0.05, 0.1) is 0 Å². The Morgan fingerprint density at radius 3 is 0.938 bits per heavy atom. The molecule has 0 aromatic heterocycles. The van der Waals surface area contributed by atoms with Crippen molar-refractivity contribution in [3.63, 3.8) is 0 Å². The highest BCUT2D eigenvalue weighted by Gasteiger charge is 2.19. The molecule has 0 heterocycles. The molecule has 1 unspecified atom stereocenters. The zero-order valence-electron chi connectivity index (χ0n) is 42.7. The second-order valence-corrected chi connectivity index (χ2v) is 18.1. The predicted octanol–water partition coefficient (Wildman–Crippen LogP) is 18.2. The Labute approximate surface area is 402 Å². The van der Waals surface area contributed by atoms with Gasteiger partial charge in [0.15, 0.2) is 6.10 Å². The summed E-state index contributed by atoms with van der Waals surface area (Å²) in [4.78, 5) is 38.0. The fourth-order valence-electron chi connectivity index (χ4n) is 7.65. The number of unbranched alkanes of at least 4 members (excludes halogenated alkanes) is 26. The van der Waals surface area contributed by atoms with Gasteiger partial charge in [-0.15, -0.1) is 0 Å². The Morgan fingerprint density at radius 1 is 0.323 bits per heavy atom. The molecular formula is C59H102O6. The second-order valence-electron chi connectivity index (χ2n) is 18.1. The molecule has 6 nitrogen and oxygen atoms in total. The van der Waals surface area contributed by atoms with Crippen molar-refractivity contribution >= 4 is 17.9 Å². The van der Waals surface area contributed by atoms with Crippen LogP contribution in [0.5, 0.6) is 0 Å². The lowest BCUT2D eigenvalue weighted by molar-refractivity contribution is -0.166. The van der Waals surface area contributed by atoms with Gasteiger partial charge in [-0.25, -0.2) is 0 Å². The zero-order chi connectivity index (χ0) is 47.2. The van der Waals surface area contributed by atoms with Gasteiger partial charge in [0.2, 0.25) is 0 Å². The lowest BCUT2D eigenvalue weighted by atomic mass is 10.0. The van der Waals surface area contributed by atoms with Gasteiger partial charge in [0.1, 0.15) is 13.2 Å². The van der Waals surface area contributed by atoms with Crippen LogP contribution in [0, 0.1) is 0 Å². The number of hydrogen-bond donors (Lipinski definition) is 0. The smallest absolute Gasteiger partial charge is 0.306 e. The fraction of sp³-hybridized carbons (Fsp3) is 0.746. The average molecular weight is 907 g/mol. The first-order valence-corrected chi connectivity index (χ1v) is 27.4. The summed E-state index contributed by atoms with van der Waals surface area (Å²) < 4.78 is 16.8. The fourth-order valence-corrected chi connectivity index (χ4v) is 7.65. The number of carbonyl (C=O) groups is 3. The van der Waals surface area contributed by atoms with Gasteiger partial charge >= 0.3 is 17.9 Å². The maximum absolute atomic E-state index is 12.8. The van der Waals surface area contributed by atoms with E-state index in [2.05, 4.69) is 87.6 Å². The van der Waals surface area contributed by atoms with Crippen molar-refractivity contribution in [3.05, 3.63) is 72.9 Å². The highest BCUT2D eigenvalue weighted by atomic mass is 16.6. The van der Waals surface area contributed by atoms with E-state index >= 15 is 0 Å². The summed E-state index contributed by atoms with van der Waals surface area (Å²) in [5.41, 5.74) is 0. The van der Waals surface area contributed by atoms with Gasteiger partial charge in [-0.2, -0.15) is 0 Å². The third-order valence-corrected chi connectivity index (χ3v) is 11.7. The van der Waals surface area contributed by atoms with Crippen molar-refractivity contribution in [2.24, 2.45) is 0 Å². The first-order valence-electron chi connectivity index (χ1n) is 27.4. The molecule has 6 heteroatoms. The molecule has 0 aliphatic heterocycles. The van der Waals surface area contributed by atoms with Crippen LogP contribution in [0.2, 0.25) is 0 Å². The summed E-state index contributed by atoms with van der Waals surface area (Å²) in [7, 11) is 0. The highest BCUT2D eigenvalue weighted by molar-refractivity contribution is 5.71. The van der Waals surface area contributed by atoms with Crippen LogP contribution in [0.15, 0.2) is 72.9 Å². The van der Waals surface area contributed by atoms with Crippen molar-refractivity contribution < 1.29 is 28.6 Å². The number of esters is 3. The third-order valence-electron chi connectivity index (χ3n) is 11.7. The molecule has 0 radical (unpaired) electrons. The van der Waals surface area contributed by atoms with Crippen LogP contribution in [0.4, 0.5) is 0 Å². The number of hydrogen-bond acceptors (Lipinski definition) is 6. The van der Waals surface area contributed by atoms with Crippen molar-refractivity contribution in [3.8, 4) is 0 Å². The van der Waals surface area contributed by atoms with Crippen molar-refractivity contribution in [1.82, 2.24) is 0 Å². The maximum atomic E-state index is 12.8. The van der Waals surface area contributed by atoms with E-state index in [1.165, 1.54) is 141 Å². The first-order chi connectivity index (χ1) is 32.0. The molecule has 0 N–H and O–H groups in total. The lowest BCUT2D eigenvalue weighted by Gasteiger charge is -2.18. The van der Waals surface area contributed by atoms with E-state index in [-0.39, 0.29) is 37.5 Å². The molecule has 374 valence electrons. The third kappa shape index (κ3) is 51.7. The summed E-state index contributed by atoms with van der Waals surface area (Å²) >= 11 is 0. The van der Waals surface area contributed by atoms with Crippen molar-refractivity contribution in [1.29, 1.82) is 0 Å². The van der Waals surface area contributed by atoms with Gasteiger partial charge in [-0.05, 0) is 57.8 Å². The molecule has 0 aliphatic carbocycles. The topological polar surface area (TPSA) is 78.9 Å². The van der Waals surface area contributed by atoms with Crippen LogP contribution in [-0.4, -0.2) is 37.2 Å². The normalized spacial score (nSPS) is 12.6. The van der Waals surface area contributed by atoms with E-state index in [9.17, 15) is 14.4 Å². The Hall–Kier alpha value is -3.15. The zero-order valence-corrected chi connectivity index (χ0v) is 42.7. The Bertz CT molecular complexity index is 1230. The molecule has 0 saturated carbocycles. The van der Waals surface area contributed by atoms with Gasteiger partial charge in [-0.3, -0.25) is 14.4 Å². The average Bonchev–Trinajstić information content (AvgIpc) is 3.30. The standard InChI is InChI=1S/C59H102O6/c1-4-7-10-13-16-19-22-25-27-29-30-31-33-34-37-40-43-46-49-52-58(61)64-55-56(54-63-57(60)51-48-45-42-39-36-24-21-18-15-12-9-6-3)65-59(62)53-50-47-44-41-38-35-32-28-26-23-20-17-14-11-8-5-2/h7,10,16,19,25,27,30-31,34,37,43,46,56H,4-6,8-9,11-15,17-18,20-24,26,28-29,32-33,35-36,38-42,44-45,47-55H2,1-3H3/b10-7-,19-16-,27-25-,31-30-,37-34-,46-43-. The SMILES string of the molecule is CC/C=C\C/C=C\C/C=C\C/C=C\C/C=C\C/C=C\CCC(=O)OCC(COC(=O)CCCCCCCCCCCCCC)OC(=O)CCCCCCCCCCCCCCCCCC. The Balaban J connectivity index is 4.46. The molecule has 0 saturated heterocycles. The van der Waals surface area contributed by atoms with E-state index in [4.69, 9.17) is 14.2 Å². The van der Waals surface area contributed by atoms with E-state index in [0.717, 1.165) is 77.0 Å². The van der Waals surface area contributed by atoms with E-state index < -0.39 is 6.10 Å². The van der Waals surface area contributed by atoms with Gasteiger partial charge < -0.3 is 14.2 Å². The molecule has 0 bridgehead atoms. The van der Waals surface area contributed by atoms with Crippen LogP contribution in [-0.2, 0) is 28.6 Å². The largest absolute Gasteiger partial charge is 0.462 e. The quantitative estimate of drug-likeness (QED) is 0.0262. The van der Waals surface area contributed by atoms with Crippen LogP contribution < -0.4 is 0 Å². The Kier molecular flexibility index (Phi) is 50.9. The molecule has 0 aromatic rings. The van der Waals surface area contributed by atoms with Crippen LogP contribution in [0.1, 0.15) is 265 Å². The molecule has 0 aromatic carbocycles. The summed E-state index contributed by atoms with van der Waals surface area (Å²) in [6.45, 7) is 6.48. The van der Waals surface area contributed by atoms with E-state index in [1.807, 2.05) is 6.08 Å². The summed E-state index contributed by atoms with van der Waals surface area (Å²) in [5, 5.41) is 0. The molecule has 0 amide bonds. The minimum absolute atomic E-state index is 0.0950. The Morgan fingerprint density at radius 2 is 0.600 bits per heavy atom. The summed E-state index contributed by atoms with van der Waals surface area (Å²) in [5.74, 6) is -0.975. The van der Waals surface area contributed by atoms with Crippen LogP contribution >= 0.6 is 0 Å². The van der Waals surface area contributed by atoms with Crippen LogP contribution in [0.3, 0.4) is 0 Å². The van der Waals surface area contributed by atoms with Gasteiger partial charge in [0, 0.05) is 19.3 Å². The molecule has 1 atom stereocenters. The molecule has 0 fully saturated rings. The van der Waals surface area contributed by atoms with E-state index in [1.54, 1.807) is 0 Å². The van der Waals surface area contributed by atoms with Gasteiger partial charge in [-0.1, -0.05) is 261 Å². The van der Waals surface area contributed by atoms with E-state index in [0.29, 0.717) is 19.3 Å². The predicted molar refractivity (Wildman–Crippen MR) is 279 cm³/mol. The van der Waals surface area contributed by atoms with Gasteiger partial charge in [0.25, 0.3) is 0 Å². The number of carbonyl (C=O) groups excluding carboxylic acids is 3. The minimum atomic E-state index is -0.802. The summed E-state index contributed by atoms with van der Waals surface area (Å²) in [6, 6.07) is 0. The molecule has 0 rings (SSSR count). The highest BCUT2D eigenvalue weighted by Crippen LogP contribution is 2.16. The molecule has 65 heavy (non-hydrogen) atoms. The number of ether oxygens (including phenoxy) is 3. The molecule has 0 spiro atoms. The first kappa shape index (κ1) is 61.9. The maximum Gasteiger partial charge on any atom is 0.306 e. The monoisotopic (exact) mass is 907 g/mol. The van der Waals surface area contributed by atoms with Crippen LogP contribution in [0.25, 0.3) is 0 Å². The minimum Gasteiger partial charge on any atom is -0.462 e. The number of rotatable bonds is 49. The summed E-state index contributed by atoms with van der Waals surface area (Å²) in [6.07, 6.45) is 67.6.